The lowest BCUT2D eigenvalue weighted by atomic mass is 10.1. The molecule has 7 heteroatoms. The van der Waals surface area contributed by atoms with Crippen molar-refractivity contribution in [2.24, 2.45) is 11.5 Å². The smallest absolute Gasteiger partial charge is 0.326 e. The van der Waals surface area contributed by atoms with Gasteiger partial charge in [0.1, 0.15) is 6.04 Å². The van der Waals surface area contributed by atoms with Gasteiger partial charge in [-0.15, -0.1) is 0 Å². The SMILES string of the molecule is NCCc1ccc(C(=O)N[C@@H](CC(N)=O)C(=O)O)cc1. The predicted molar refractivity (Wildman–Crippen MR) is 71.9 cm³/mol. The van der Waals surface area contributed by atoms with Crippen LogP contribution in [0.25, 0.3) is 0 Å². The Morgan fingerprint density at radius 1 is 1.20 bits per heavy atom. The zero-order valence-corrected chi connectivity index (χ0v) is 10.8. The second-order valence-corrected chi connectivity index (χ2v) is 4.27. The van der Waals surface area contributed by atoms with Gasteiger partial charge in [-0.1, -0.05) is 12.1 Å². The molecule has 1 aromatic rings. The molecule has 1 atom stereocenters. The molecular weight excluding hydrogens is 262 g/mol. The highest BCUT2D eigenvalue weighted by Gasteiger charge is 2.22. The van der Waals surface area contributed by atoms with Gasteiger partial charge in [-0.05, 0) is 30.7 Å². The zero-order valence-electron chi connectivity index (χ0n) is 10.8. The summed E-state index contributed by atoms with van der Waals surface area (Å²) in [5, 5.41) is 11.1. The molecule has 20 heavy (non-hydrogen) atoms. The van der Waals surface area contributed by atoms with Gasteiger partial charge in [-0.25, -0.2) is 4.79 Å². The van der Waals surface area contributed by atoms with Crippen molar-refractivity contribution >= 4 is 17.8 Å². The molecule has 0 saturated heterocycles. The third-order valence-electron chi connectivity index (χ3n) is 2.66. The standard InChI is InChI=1S/C13H17N3O4/c14-6-5-8-1-3-9(4-2-8)12(18)16-10(13(19)20)7-11(15)17/h1-4,10H,5-7,14H2,(H2,15,17)(H,16,18)(H,19,20)/t10-/m0/s1. The molecule has 0 heterocycles. The molecule has 108 valence electrons. The molecule has 0 fully saturated rings. The normalized spacial score (nSPS) is 11.7. The summed E-state index contributed by atoms with van der Waals surface area (Å²) < 4.78 is 0. The van der Waals surface area contributed by atoms with Gasteiger partial charge in [0.15, 0.2) is 0 Å². The highest BCUT2D eigenvalue weighted by Crippen LogP contribution is 2.06. The Morgan fingerprint density at radius 2 is 1.80 bits per heavy atom. The van der Waals surface area contributed by atoms with Crippen LogP contribution in [-0.4, -0.2) is 35.5 Å². The lowest BCUT2D eigenvalue weighted by Gasteiger charge is -2.13. The Balaban J connectivity index is 2.73. The fraction of sp³-hybridized carbons (Fsp3) is 0.308. The minimum absolute atomic E-state index is 0.307. The van der Waals surface area contributed by atoms with E-state index in [1.807, 2.05) is 0 Å². The Kier molecular flexibility index (Phi) is 5.67. The maximum absolute atomic E-state index is 11.9. The van der Waals surface area contributed by atoms with Crippen LogP contribution in [-0.2, 0) is 16.0 Å². The van der Waals surface area contributed by atoms with E-state index in [1.54, 1.807) is 24.3 Å². The second kappa shape index (κ2) is 7.25. The second-order valence-electron chi connectivity index (χ2n) is 4.27. The first-order valence-corrected chi connectivity index (χ1v) is 6.05. The first kappa shape index (κ1) is 15.6. The van der Waals surface area contributed by atoms with E-state index in [2.05, 4.69) is 5.32 Å². The molecule has 0 unspecified atom stereocenters. The Bertz CT molecular complexity index is 499. The maximum Gasteiger partial charge on any atom is 0.326 e. The van der Waals surface area contributed by atoms with Gasteiger partial charge >= 0.3 is 5.97 Å². The number of aliphatic carboxylic acids is 1. The molecule has 0 aliphatic rings. The van der Waals surface area contributed by atoms with E-state index in [9.17, 15) is 14.4 Å². The lowest BCUT2D eigenvalue weighted by molar-refractivity contribution is -0.140. The first-order valence-electron chi connectivity index (χ1n) is 6.05. The Labute approximate surface area is 115 Å². The van der Waals surface area contributed by atoms with Crippen molar-refractivity contribution < 1.29 is 19.5 Å². The molecule has 2 amide bonds. The molecule has 0 aliphatic carbocycles. The lowest BCUT2D eigenvalue weighted by Crippen LogP contribution is -2.43. The Hall–Kier alpha value is -2.41. The van der Waals surface area contributed by atoms with Gasteiger partial charge < -0.3 is 21.9 Å². The summed E-state index contributed by atoms with van der Waals surface area (Å²) in [5.74, 6) is -2.68. The van der Waals surface area contributed by atoms with Gasteiger partial charge in [-0.2, -0.15) is 0 Å². The zero-order chi connectivity index (χ0) is 15.1. The van der Waals surface area contributed by atoms with Crippen molar-refractivity contribution in [1.29, 1.82) is 0 Å². The number of hydrogen-bond donors (Lipinski definition) is 4. The fourth-order valence-electron chi connectivity index (χ4n) is 1.63. The third kappa shape index (κ3) is 4.69. The number of nitrogens with two attached hydrogens (primary N) is 2. The van der Waals surface area contributed by atoms with Gasteiger partial charge in [0, 0.05) is 5.56 Å². The van der Waals surface area contributed by atoms with E-state index in [0.717, 1.165) is 5.56 Å². The van der Waals surface area contributed by atoms with Crippen molar-refractivity contribution in [3.8, 4) is 0 Å². The largest absolute Gasteiger partial charge is 0.480 e. The molecule has 0 aliphatic heterocycles. The third-order valence-corrected chi connectivity index (χ3v) is 2.66. The summed E-state index contributed by atoms with van der Waals surface area (Å²) in [4.78, 5) is 33.5. The highest BCUT2D eigenvalue weighted by atomic mass is 16.4. The summed E-state index contributed by atoms with van der Waals surface area (Å²) >= 11 is 0. The van der Waals surface area contributed by atoms with Crippen LogP contribution in [0, 0.1) is 0 Å². The van der Waals surface area contributed by atoms with Gasteiger partial charge in [0.05, 0.1) is 6.42 Å². The van der Waals surface area contributed by atoms with E-state index in [4.69, 9.17) is 16.6 Å². The van der Waals surface area contributed by atoms with Crippen molar-refractivity contribution in [3.63, 3.8) is 0 Å². The van der Waals surface area contributed by atoms with Crippen molar-refractivity contribution in [2.75, 3.05) is 6.54 Å². The summed E-state index contributed by atoms with van der Waals surface area (Å²) in [6, 6.07) is 5.30. The maximum atomic E-state index is 11.9. The molecule has 0 radical (unpaired) electrons. The van der Waals surface area contributed by atoms with E-state index in [1.165, 1.54) is 0 Å². The van der Waals surface area contributed by atoms with E-state index < -0.39 is 30.2 Å². The molecule has 1 aromatic carbocycles. The van der Waals surface area contributed by atoms with Crippen LogP contribution in [0.1, 0.15) is 22.3 Å². The molecule has 0 saturated carbocycles. The number of carboxylic acids is 1. The van der Waals surface area contributed by atoms with E-state index in [0.29, 0.717) is 18.5 Å². The number of carbonyl (C=O) groups is 3. The number of carboxylic acid groups (broad SMARTS) is 1. The summed E-state index contributed by atoms with van der Waals surface area (Å²) in [5.41, 5.74) is 11.6. The van der Waals surface area contributed by atoms with Crippen LogP contribution in [0.5, 0.6) is 0 Å². The number of rotatable bonds is 7. The number of hydrogen-bond acceptors (Lipinski definition) is 4. The molecule has 0 spiro atoms. The van der Waals surface area contributed by atoms with Gasteiger partial charge in [0.2, 0.25) is 5.91 Å². The minimum atomic E-state index is -1.33. The van der Waals surface area contributed by atoms with Crippen molar-refractivity contribution in [2.45, 2.75) is 18.9 Å². The van der Waals surface area contributed by atoms with E-state index in [-0.39, 0.29) is 0 Å². The molecule has 0 bridgehead atoms. The summed E-state index contributed by atoms with van der Waals surface area (Å²) in [6.45, 7) is 0.505. The van der Waals surface area contributed by atoms with Crippen LogP contribution in [0.4, 0.5) is 0 Å². The number of amides is 2. The number of benzene rings is 1. The first-order chi connectivity index (χ1) is 9.43. The molecule has 0 aromatic heterocycles. The van der Waals surface area contributed by atoms with Crippen molar-refractivity contribution in [3.05, 3.63) is 35.4 Å². The molecule has 1 rings (SSSR count). The molecular formula is C13H17N3O4. The van der Waals surface area contributed by atoms with Crippen molar-refractivity contribution in [1.82, 2.24) is 5.32 Å². The fourth-order valence-corrected chi connectivity index (χ4v) is 1.63. The Morgan fingerprint density at radius 3 is 2.25 bits per heavy atom. The molecule has 7 nitrogen and oxygen atoms in total. The quantitative estimate of drug-likeness (QED) is 0.520. The van der Waals surface area contributed by atoms with Crippen LogP contribution >= 0.6 is 0 Å². The van der Waals surface area contributed by atoms with Crippen LogP contribution in [0.3, 0.4) is 0 Å². The molecule has 6 N–H and O–H groups in total. The van der Waals surface area contributed by atoms with Gasteiger partial charge in [-0.3, -0.25) is 9.59 Å². The predicted octanol–water partition coefficient (Wildman–Crippen LogP) is -0.754. The van der Waals surface area contributed by atoms with E-state index >= 15 is 0 Å². The monoisotopic (exact) mass is 279 g/mol. The van der Waals surface area contributed by atoms with Crippen LogP contribution in [0.15, 0.2) is 24.3 Å². The number of carbonyl (C=O) groups excluding carboxylic acids is 2. The van der Waals surface area contributed by atoms with Gasteiger partial charge in [0.25, 0.3) is 5.91 Å². The minimum Gasteiger partial charge on any atom is -0.480 e. The number of primary amides is 1. The average Bonchev–Trinajstić information content (AvgIpc) is 2.38. The van der Waals surface area contributed by atoms with Crippen LogP contribution in [0.2, 0.25) is 0 Å². The number of nitrogens with one attached hydrogen (secondary N) is 1. The topological polar surface area (TPSA) is 136 Å². The highest BCUT2D eigenvalue weighted by molar-refractivity contribution is 5.97. The summed E-state index contributed by atoms with van der Waals surface area (Å²) in [7, 11) is 0. The van der Waals surface area contributed by atoms with Crippen LogP contribution < -0.4 is 16.8 Å². The summed E-state index contributed by atoms with van der Waals surface area (Å²) in [6.07, 6.45) is 0.244. The average molecular weight is 279 g/mol.